The second-order valence-corrected chi connectivity index (χ2v) is 6.40. The molecular formula is C23H19FN2. The third-order valence-electron chi connectivity index (χ3n) is 4.53. The molecule has 0 bridgehead atoms. The largest absolute Gasteiger partial charge is 0.240 e. The van der Waals surface area contributed by atoms with Gasteiger partial charge in [-0.1, -0.05) is 49.4 Å². The van der Waals surface area contributed by atoms with E-state index in [1.807, 2.05) is 47.3 Å². The van der Waals surface area contributed by atoms with E-state index in [2.05, 4.69) is 31.2 Å². The van der Waals surface area contributed by atoms with Crippen LogP contribution in [0.15, 0.2) is 90.7 Å². The fourth-order valence-electron chi connectivity index (χ4n) is 3.06. The molecule has 2 aromatic carbocycles. The van der Waals surface area contributed by atoms with Crippen LogP contribution in [0, 0.1) is 11.7 Å². The minimum absolute atomic E-state index is 0.245. The van der Waals surface area contributed by atoms with Gasteiger partial charge in [-0.25, -0.2) is 9.07 Å². The van der Waals surface area contributed by atoms with E-state index in [4.69, 9.17) is 5.10 Å². The van der Waals surface area contributed by atoms with E-state index in [0.717, 1.165) is 22.5 Å². The molecule has 1 aromatic heterocycles. The fraction of sp³-hybridized carbons (Fsp3) is 0.0870. The predicted molar refractivity (Wildman–Crippen MR) is 104 cm³/mol. The SMILES string of the molecule is CC1C=CC=C/C1=C\c1cn(-c2ccccc2)nc1-c1ccc(F)cc1. The molecule has 1 aliphatic rings. The molecule has 0 saturated heterocycles. The Balaban J connectivity index is 1.84. The van der Waals surface area contributed by atoms with E-state index in [0.29, 0.717) is 5.92 Å². The summed E-state index contributed by atoms with van der Waals surface area (Å²) in [5.41, 5.74) is 4.98. The summed E-state index contributed by atoms with van der Waals surface area (Å²) in [5, 5.41) is 4.78. The van der Waals surface area contributed by atoms with Gasteiger partial charge in [-0.05, 0) is 54.0 Å². The first-order chi connectivity index (χ1) is 12.7. The Bertz CT molecular complexity index is 992. The van der Waals surface area contributed by atoms with E-state index in [1.54, 1.807) is 12.1 Å². The maximum atomic E-state index is 13.3. The number of benzene rings is 2. The van der Waals surface area contributed by atoms with E-state index in [-0.39, 0.29) is 5.82 Å². The van der Waals surface area contributed by atoms with Crippen molar-refractivity contribution in [1.29, 1.82) is 0 Å². The zero-order chi connectivity index (χ0) is 17.9. The van der Waals surface area contributed by atoms with Gasteiger partial charge in [-0.2, -0.15) is 5.10 Å². The molecule has 0 aliphatic heterocycles. The molecule has 1 atom stereocenters. The number of hydrogen-bond donors (Lipinski definition) is 0. The Kier molecular flexibility index (Phi) is 4.36. The lowest BCUT2D eigenvalue weighted by Crippen LogP contribution is -1.95. The lowest BCUT2D eigenvalue weighted by atomic mass is 9.94. The average Bonchev–Trinajstić information content (AvgIpc) is 3.09. The summed E-state index contributed by atoms with van der Waals surface area (Å²) in [6.07, 6.45) is 12.6. The van der Waals surface area contributed by atoms with Gasteiger partial charge in [-0.15, -0.1) is 0 Å². The van der Waals surface area contributed by atoms with Gasteiger partial charge >= 0.3 is 0 Å². The molecule has 4 rings (SSSR count). The normalized spacial score (nSPS) is 17.8. The lowest BCUT2D eigenvalue weighted by Gasteiger charge is -2.11. The fourth-order valence-corrected chi connectivity index (χ4v) is 3.06. The van der Waals surface area contributed by atoms with Crippen LogP contribution in [0.1, 0.15) is 12.5 Å². The second-order valence-electron chi connectivity index (χ2n) is 6.40. The zero-order valence-electron chi connectivity index (χ0n) is 14.5. The Labute approximate surface area is 152 Å². The molecule has 3 aromatic rings. The molecule has 1 unspecified atom stereocenters. The summed E-state index contributed by atoms with van der Waals surface area (Å²) in [6.45, 7) is 2.17. The number of para-hydroxylation sites is 1. The van der Waals surface area contributed by atoms with Crippen molar-refractivity contribution in [2.45, 2.75) is 6.92 Å². The summed E-state index contributed by atoms with van der Waals surface area (Å²) >= 11 is 0. The third-order valence-corrected chi connectivity index (χ3v) is 4.53. The minimum Gasteiger partial charge on any atom is -0.240 e. The number of allylic oxidation sites excluding steroid dienone is 5. The minimum atomic E-state index is -0.245. The summed E-state index contributed by atoms with van der Waals surface area (Å²) in [6, 6.07) is 16.5. The van der Waals surface area contributed by atoms with Crippen molar-refractivity contribution < 1.29 is 4.39 Å². The first-order valence-electron chi connectivity index (χ1n) is 8.68. The zero-order valence-corrected chi connectivity index (χ0v) is 14.5. The van der Waals surface area contributed by atoms with Crippen LogP contribution in [-0.4, -0.2) is 9.78 Å². The van der Waals surface area contributed by atoms with Gasteiger partial charge < -0.3 is 0 Å². The smallest absolute Gasteiger partial charge is 0.123 e. The quantitative estimate of drug-likeness (QED) is 0.586. The predicted octanol–water partition coefficient (Wildman–Crippen LogP) is 5.82. The average molecular weight is 342 g/mol. The highest BCUT2D eigenvalue weighted by atomic mass is 19.1. The van der Waals surface area contributed by atoms with Crippen LogP contribution in [0.5, 0.6) is 0 Å². The monoisotopic (exact) mass is 342 g/mol. The molecule has 0 N–H and O–H groups in total. The van der Waals surface area contributed by atoms with Crippen LogP contribution in [0.4, 0.5) is 4.39 Å². The summed E-state index contributed by atoms with van der Waals surface area (Å²) < 4.78 is 15.2. The number of hydrogen-bond acceptors (Lipinski definition) is 1. The highest BCUT2D eigenvalue weighted by Crippen LogP contribution is 2.28. The molecule has 2 nitrogen and oxygen atoms in total. The van der Waals surface area contributed by atoms with Gasteiger partial charge in [0.2, 0.25) is 0 Å². The molecule has 0 spiro atoms. The van der Waals surface area contributed by atoms with Crippen LogP contribution >= 0.6 is 0 Å². The molecule has 1 heterocycles. The Morgan fingerprint density at radius 3 is 2.50 bits per heavy atom. The summed E-state index contributed by atoms with van der Waals surface area (Å²) in [5.74, 6) is 0.103. The van der Waals surface area contributed by atoms with E-state index < -0.39 is 0 Å². The molecule has 1 aliphatic carbocycles. The highest BCUT2D eigenvalue weighted by molar-refractivity contribution is 5.74. The van der Waals surface area contributed by atoms with Gasteiger partial charge in [-0.3, -0.25) is 0 Å². The van der Waals surface area contributed by atoms with Gasteiger partial charge in [0.25, 0.3) is 0 Å². The lowest BCUT2D eigenvalue weighted by molar-refractivity contribution is 0.628. The van der Waals surface area contributed by atoms with Crippen LogP contribution in [0.2, 0.25) is 0 Å². The molecule has 0 amide bonds. The maximum absolute atomic E-state index is 13.3. The highest BCUT2D eigenvalue weighted by Gasteiger charge is 2.13. The van der Waals surface area contributed by atoms with Gasteiger partial charge in [0.1, 0.15) is 5.82 Å². The first kappa shape index (κ1) is 16.3. The van der Waals surface area contributed by atoms with Gasteiger partial charge in [0.05, 0.1) is 11.4 Å². The van der Waals surface area contributed by atoms with Crippen molar-refractivity contribution in [3.05, 3.63) is 102 Å². The van der Waals surface area contributed by atoms with Crippen molar-refractivity contribution >= 4 is 6.08 Å². The molecule has 0 radical (unpaired) electrons. The van der Waals surface area contributed by atoms with Crippen LogP contribution in [0.3, 0.4) is 0 Å². The molecule has 128 valence electrons. The van der Waals surface area contributed by atoms with Crippen LogP contribution < -0.4 is 0 Å². The third kappa shape index (κ3) is 3.29. The molecule has 26 heavy (non-hydrogen) atoms. The number of rotatable bonds is 3. The van der Waals surface area contributed by atoms with Crippen molar-refractivity contribution in [1.82, 2.24) is 9.78 Å². The first-order valence-corrected chi connectivity index (χ1v) is 8.68. The van der Waals surface area contributed by atoms with Crippen molar-refractivity contribution in [2.24, 2.45) is 5.92 Å². The number of aromatic nitrogens is 2. The maximum Gasteiger partial charge on any atom is 0.123 e. The van der Waals surface area contributed by atoms with Crippen LogP contribution in [0.25, 0.3) is 23.0 Å². The van der Waals surface area contributed by atoms with E-state index in [9.17, 15) is 4.39 Å². The Morgan fingerprint density at radius 1 is 1.00 bits per heavy atom. The number of nitrogens with zero attached hydrogens (tertiary/aromatic N) is 2. The van der Waals surface area contributed by atoms with Crippen molar-refractivity contribution in [3.63, 3.8) is 0 Å². The second kappa shape index (κ2) is 6.96. The topological polar surface area (TPSA) is 17.8 Å². The van der Waals surface area contributed by atoms with Crippen LogP contribution in [-0.2, 0) is 0 Å². The molecule has 3 heteroatoms. The molecule has 0 fully saturated rings. The molecule has 0 saturated carbocycles. The van der Waals surface area contributed by atoms with E-state index in [1.165, 1.54) is 17.7 Å². The Morgan fingerprint density at radius 2 is 1.77 bits per heavy atom. The summed E-state index contributed by atoms with van der Waals surface area (Å²) in [4.78, 5) is 0. The standard InChI is InChI=1S/C23H19FN2/c1-17-7-5-6-8-19(17)15-20-16-26(22-9-3-2-4-10-22)25-23(20)18-11-13-21(24)14-12-18/h2-17H,1H3/b19-15+. The van der Waals surface area contributed by atoms with Gasteiger partial charge in [0.15, 0.2) is 0 Å². The Hall–Kier alpha value is -3.20. The van der Waals surface area contributed by atoms with Crippen molar-refractivity contribution in [2.75, 3.05) is 0 Å². The van der Waals surface area contributed by atoms with Crippen molar-refractivity contribution in [3.8, 4) is 16.9 Å². The van der Waals surface area contributed by atoms with E-state index >= 15 is 0 Å². The number of halogens is 1. The summed E-state index contributed by atoms with van der Waals surface area (Å²) in [7, 11) is 0. The molecular weight excluding hydrogens is 323 g/mol. The van der Waals surface area contributed by atoms with Gasteiger partial charge in [0, 0.05) is 17.3 Å².